The van der Waals surface area contributed by atoms with Crippen LogP contribution in [0.15, 0.2) is 24.3 Å². The number of nitrogen functional groups attached to an aromatic ring is 2. The summed E-state index contributed by atoms with van der Waals surface area (Å²) >= 11 is 0. The number of hydrogen-bond acceptors (Lipinski definition) is 4. The van der Waals surface area contributed by atoms with E-state index in [1.54, 1.807) is 0 Å². The van der Waals surface area contributed by atoms with Gasteiger partial charge >= 0.3 is 49.4 Å². The molecule has 0 aromatic heterocycles. The van der Waals surface area contributed by atoms with Crippen LogP contribution in [0.2, 0.25) is 0 Å². The van der Waals surface area contributed by atoms with Crippen molar-refractivity contribution in [1.29, 1.82) is 0 Å². The first-order valence-corrected chi connectivity index (χ1v) is 12.8. The number of hydrogen-bond donors (Lipinski definition) is 2. The number of rotatable bonds is 4. The summed E-state index contributed by atoms with van der Waals surface area (Å²) in [6.45, 7) is 0. The number of nitrogens with two attached hydrogens (primary N) is 2. The summed E-state index contributed by atoms with van der Waals surface area (Å²) in [5, 5.41) is 0. The van der Waals surface area contributed by atoms with E-state index < -0.39 is 128 Å². The van der Waals surface area contributed by atoms with E-state index in [9.17, 15) is 105 Å². The van der Waals surface area contributed by atoms with Gasteiger partial charge in [0.1, 0.15) is 33.8 Å². The molecule has 4 nitrogen and oxygen atoms in total. The molecule has 0 radical (unpaired) electrons. The van der Waals surface area contributed by atoms with Gasteiger partial charge in [-0.1, -0.05) is 0 Å². The van der Waals surface area contributed by atoms with Gasteiger partial charge in [0.2, 0.25) is 0 Å². The molecule has 3 aromatic rings. The summed E-state index contributed by atoms with van der Waals surface area (Å²) in [5.41, 5.74) is -26.0. The van der Waals surface area contributed by atoms with Crippen molar-refractivity contribution in [2.24, 2.45) is 0 Å². The van der Waals surface area contributed by atoms with Crippen LogP contribution in [0.4, 0.5) is 117 Å². The molecular formula is C26H8F24N2O2. The van der Waals surface area contributed by atoms with Gasteiger partial charge < -0.3 is 20.9 Å². The van der Waals surface area contributed by atoms with Crippen LogP contribution in [0.25, 0.3) is 0 Å². The van der Waals surface area contributed by atoms with Crippen LogP contribution in [-0.2, 0) is 49.4 Å². The van der Waals surface area contributed by atoms with Gasteiger partial charge in [0, 0.05) is 0 Å². The molecule has 3 aromatic carbocycles. The molecule has 0 saturated carbocycles. The lowest BCUT2D eigenvalue weighted by molar-refractivity contribution is -0.176. The number of ether oxygens (including phenoxy) is 2. The Kier molecular flexibility index (Phi) is 10.4. The Morgan fingerprint density at radius 3 is 0.630 bits per heavy atom. The third-order valence-corrected chi connectivity index (χ3v) is 6.52. The highest BCUT2D eigenvalue weighted by Gasteiger charge is 2.59. The Morgan fingerprint density at radius 1 is 0.278 bits per heavy atom. The number of alkyl halides is 24. The molecule has 0 fully saturated rings. The van der Waals surface area contributed by atoms with Crippen LogP contribution >= 0.6 is 0 Å². The summed E-state index contributed by atoms with van der Waals surface area (Å²) in [5.74, 6) is -9.63. The minimum absolute atomic E-state index is 0.171. The van der Waals surface area contributed by atoms with Gasteiger partial charge in [-0.05, 0) is 24.3 Å². The van der Waals surface area contributed by atoms with Crippen LogP contribution in [0.1, 0.15) is 44.5 Å². The topological polar surface area (TPSA) is 70.5 Å². The van der Waals surface area contributed by atoms with Crippen molar-refractivity contribution in [1.82, 2.24) is 0 Å². The second-order valence-corrected chi connectivity index (χ2v) is 10.1. The monoisotopic (exact) mass is 836 g/mol. The molecule has 28 heteroatoms. The fourth-order valence-electron chi connectivity index (χ4n) is 4.77. The van der Waals surface area contributed by atoms with E-state index in [0.29, 0.717) is 0 Å². The standard InChI is InChI=1S/C26H8F24N2O2/c27-19(28,29)7-9(21(33,34)35)15(51)13(25(45,46)47)17(11(7)23(39,40)41)53-5-1-2-6(4-3-5)54-18-12(24(42,43)44)8(20(30,31)32)10(22(36,37)38)16(52)14(18)26(48,49)50/h1-4H,51-52H2. The number of halogens is 24. The smallest absolute Gasteiger partial charge is 0.422 e. The Bertz CT molecular complexity index is 1760. The normalized spacial score (nSPS) is 14.1. The van der Waals surface area contributed by atoms with Crippen molar-refractivity contribution in [2.75, 3.05) is 11.5 Å². The predicted molar refractivity (Wildman–Crippen MR) is 128 cm³/mol. The molecule has 0 bridgehead atoms. The Hall–Kier alpha value is -4.82. The summed E-state index contributed by atoms with van der Waals surface area (Å²) in [6, 6.07) is -0.685. The zero-order valence-electron chi connectivity index (χ0n) is 24.4. The minimum Gasteiger partial charge on any atom is -0.456 e. The highest BCUT2D eigenvalue weighted by atomic mass is 19.4. The largest absolute Gasteiger partial charge is 0.456 e. The Balaban J connectivity index is 2.42. The van der Waals surface area contributed by atoms with Gasteiger partial charge in [-0.2, -0.15) is 105 Å². The molecule has 0 saturated heterocycles. The predicted octanol–water partition coefficient (Wildman–Crippen LogP) is 12.6. The summed E-state index contributed by atoms with van der Waals surface area (Å²) in [7, 11) is 0. The maximum absolute atomic E-state index is 13.9. The van der Waals surface area contributed by atoms with Crippen LogP contribution < -0.4 is 20.9 Å². The fraction of sp³-hybridized carbons (Fsp3) is 0.308. The van der Waals surface area contributed by atoms with E-state index in [4.69, 9.17) is 0 Å². The lowest BCUT2D eigenvalue weighted by Crippen LogP contribution is -2.28. The van der Waals surface area contributed by atoms with Gasteiger partial charge in [-0.25, -0.2) is 0 Å². The van der Waals surface area contributed by atoms with E-state index in [0.717, 1.165) is 0 Å². The highest BCUT2D eigenvalue weighted by molar-refractivity contribution is 5.72. The fourth-order valence-corrected chi connectivity index (χ4v) is 4.77. The van der Waals surface area contributed by atoms with Gasteiger partial charge in [0.05, 0.1) is 33.6 Å². The van der Waals surface area contributed by atoms with Gasteiger partial charge in [-0.3, -0.25) is 0 Å². The van der Waals surface area contributed by atoms with Gasteiger partial charge in [0.15, 0.2) is 11.5 Å². The molecule has 54 heavy (non-hydrogen) atoms. The van der Waals surface area contributed by atoms with Crippen LogP contribution in [0, 0.1) is 0 Å². The highest BCUT2D eigenvalue weighted by Crippen LogP contribution is 2.60. The average Bonchev–Trinajstić information content (AvgIpc) is 2.87. The van der Waals surface area contributed by atoms with Crippen molar-refractivity contribution in [2.45, 2.75) is 49.4 Å². The van der Waals surface area contributed by atoms with E-state index in [2.05, 4.69) is 20.9 Å². The second-order valence-electron chi connectivity index (χ2n) is 10.1. The molecule has 302 valence electrons. The Labute approximate surface area is 279 Å². The lowest BCUT2D eigenvalue weighted by atomic mass is 9.91. The molecule has 0 atom stereocenters. The summed E-state index contributed by atoms with van der Waals surface area (Å²) < 4.78 is 338. The molecule has 0 heterocycles. The molecule has 0 spiro atoms. The van der Waals surface area contributed by atoms with Crippen LogP contribution in [-0.4, -0.2) is 0 Å². The first-order valence-electron chi connectivity index (χ1n) is 12.8. The maximum atomic E-state index is 13.9. The second kappa shape index (κ2) is 12.9. The van der Waals surface area contributed by atoms with E-state index in [1.165, 1.54) is 0 Å². The molecular weight excluding hydrogens is 828 g/mol. The molecule has 0 unspecified atom stereocenters. The molecule has 3 rings (SSSR count). The molecule has 0 aliphatic heterocycles. The van der Waals surface area contributed by atoms with E-state index in [-0.39, 0.29) is 24.3 Å². The van der Waals surface area contributed by atoms with Crippen molar-refractivity contribution in [3.8, 4) is 23.0 Å². The van der Waals surface area contributed by atoms with E-state index in [1.807, 2.05) is 0 Å². The van der Waals surface area contributed by atoms with Gasteiger partial charge in [-0.15, -0.1) is 0 Å². The van der Waals surface area contributed by atoms with Crippen LogP contribution in [0.3, 0.4) is 0 Å². The van der Waals surface area contributed by atoms with Crippen LogP contribution in [0.5, 0.6) is 23.0 Å². The van der Waals surface area contributed by atoms with Crippen molar-refractivity contribution >= 4 is 11.4 Å². The van der Waals surface area contributed by atoms with Crippen molar-refractivity contribution < 1.29 is 115 Å². The van der Waals surface area contributed by atoms with Crippen molar-refractivity contribution in [3.05, 3.63) is 68.8 Å². The first kappa shape index (κ1) is 43.6. The molecule has 0 aliphatic carbocycles. The first-order chi connectivity index (χ1) is 23.7. The Morgan fingerprint density at radius 2 is 0.463 bits per heavy atom. The molecule has 0 amide bonds. The number of anilines is 2. The van der Waals surface area contributed by atoms with Crippen molar-refractivity contribution in [3.63, 3.8) is 0 Å². The zero-order chi connectivity index (χ0) is 42.3. The maximum Gasteiger partial charge on any atom is 0.422 e. The van der Waals surface area contributed by atoms with E-state index >= 15 is 0 Å². The van der Waals surface area contributed by atoms with Gasteiger partial charge in [0.25, 0.3) is 0 Å². The quantitative estimate of drug-likeness (QED) is 0.203. The average molecular weight is 836 g/mol. The SMILES string of the molecule is Nc1c(C(F)(F)F)c(Oc2ccc(Oc3c(C(F)(F)F)c(N)c(C(F)(F)F)c(C(F)(F)F)c3C(F)(F)F)cc2)c(C(F)(F)F)c(C(F)(F)F)c1C(F)(F)F. The molecule has 0 aliphatic rings. The third-order valence-electron chi connectivity index (χ3n) is 6.52. The lowest BCUT2D eigenvalue weighted by Gasteiger charge is -2.28. The molecule has 4 N–H and O–H groups in total. The zero-order valence-corrected chi connectivity index (χ0v) is 24.4. The number of benzene rings is 3. The summed E-state index contributed by atoms with van der Waals surface area (Å²) in [6.07, 6.45) is -53.7. The third kappa shape index (κ3) is 8.44. The minimum atomic E-state index is -6.82. The summed E-state index contributed by atoms with van der Waals surface area (Å²) in [4.78, 5) is 0.